The van der Waals surface area contributed by atoms with Gasteiger partial charge in [-0.3, -0.25) is 19.8 Å². The van der Waals surface area contributed by atoms with E-state index in [2.05, 4.69) is 4.98 Å². The van der Waals surface area contributed by atoms with Crippen molar-refractivity contribution >= 4 is 49.9 Å². The van der Waals surface area contributed by atoms with E-state index in [1.54, 1.807) is 19.2 Å². The third kappa shape index (κ3) is 4.87. The number of thiazole rings is 1. The summed E-state index contributed by atoms with van der Waals surface area (Å²) < 4.78 is 11.5. The number of ether oxygens (including phenoxy) is 2. The molecule has 1 amide bonds. The Morgan fingerprint density at radius 1 is 1.16 bits per heavy atom. The molecule has 0 saturated carbocycles. The number of amides is 1. The van der Waals surface area contributed by atoms with Crippen LogP contribution in [0, 0.1) is 10.1 Å². The van der Waals surface area contributed by atoms with Crippen LogP contribution in [0.5, 0.6) is 11.5 Å². The van der Waals surface area contributed by atoms with Crippen LogP contribution in [-0.2, 0) is 0 Å². The average Bonchev–Trinajstić information content (AvgIpc) is 3.14. The third-order valence-corrected chi connectivity index (χ3v) is 5.89. The number of methoxy groups -OCH3 is 2. The van der Waals surface area contributed by atoms with Gasteiger partial charge in [-0.05, 0) is 20.2 Å². The summed E-state index contributed by atoms with van der Waals surface area (Å²) in [4.78, 5) is 32.0. The SMILES string of the molecule is COc1cc2nc(N(CCN(C)C)C(=O)c3cc([N+](=O)[O-])ccc3Cl)sc2cc1OC. The number of carbonyl (C=O) groups excluding carboxylic acids is 1. The zero-order valence-corrected chi connectivity index (χ0v) is 19.0. The van der Waals surface area contributed by atoms with E-state index in [-0.39, 0.29) is 16.3 Å². The Balaban J connectivity index is 2.08. The highest BCUT2D eigenvalue weighted by Crippen LogP contribution is 2.38. The third-order valence-electron chi connectivity index (χ3n) is 4.52. The summed E-state index contributed by atoms with van der Waals surface area (Å²) in [6.45, 7) is 0.875. The van der Waals surface area contributed by atoms with E-state index in [0.717, 1.165) is 4.70 Å². The van der Waals surface area contributed by atoms with Crippen LogP contribution in [-0.4, -0.2) is 62.1 Å². The molecule has 1 heterocycles. The van der Waals surface area contributed by atoms with Crippen LogP contribution in [0.1, 0.15) is 10.4 Å². The molecule has 11 heteroatoms. The summed E-state index contributed by atoms with van der Waals surface area (Å²) >= 11 is 7.53. The first-order valence-corrected chi connectivity index (χ1v) is 10.4. The van der Waals surface area contributed by atoms with Gasteiger partial charge in [0.05, 0.1) is 39.9 Å². The summed E-state index contributed by atoms with van der Waals surface area (Å²) in [6.07, 6.45) is 0. The summed E-state index contributed by atoms with van der Waals surface area (Å²) in [5.74, 6) is 0.617. The number of hydrogen-bond acceptors (Lipinski definition) is 8. The second kappa shape index (κ2) is 9.46. The Bertz CT molecular complexity index is 1090. The number of nitrogens with zero attached hydrogens (tertiary/aromatic N) is 4. The number of nitro benzene ring substituents is 1. The molecule has 164 valence electrons. The molecule has 0 saturated heterocycles. The van der Waals surface area contributed by atoms with Gasteiger partial charge in [0.1, 0.15) is 0 Å². The van der Waals surface area contributed by atoms with Crippen LogP contribution in [0.4, 0.5) is 10.8 Å². The monoisotopic (exact) mass is 464 g/mol. The van der Waals surface area contributed by atoms with Crippen molar-refractivity contribution in [2.24, 2.45) is 0 Å². The molecule has 3 aromatic rings. The standard InChI is InChI=1S/C20H21ClN4O5S/c1-23(2)7-8-24(19(26)13-9-12(25(27)28)5-6-14(13)21)20-22-15-10-16(29-3)17(30-4)11-18(15)31-20/h5-6,9-11H,7-8H2,1-4H3. The molecule has 0 unspecified atom stereocenters. The van der Waals surface area contributed by atoms with Crippen LogP contribution in [0.15, 0.2) is 30.3 Å². The van der Waals surface area contributed by atoms with E-state index in [1.165, 1.54) is 41.5 Å². The molecule has 0 aliphatic rings. The van der Waals surface area contributed by atoms with Crippen molar-refractivity contribution in [1.29, 1.82) is 0 Å². The van der Waals surface area contributed by atoms with Gasteiger partial charge in [-0.1, -0.05) is 22.9 Å². The molecule has 1 aromatic heterocycles. The lowest BCUT2D eigenvalue weighted by Gasteiger charge is -2.22. The fraction of sp³-hybridized carbons (Fsp3) is 0.300. The molecule has 3 rings (SSSR count). The molecule has 0 fully saturated rings. The summed E-state index contributed by atoms with van der Waals surface area (Å²) in [5.41, 5.74) is 0.480. The molecule has 0 bridgehead atoms. The predicted molar refractivity (Wildman–Crippen MR) is 121 cm³/mol. The number of fused-ring (bicyclic) bond motifs is 1. The van der Waals surface area contributed by atoms with Crippen LogP contribution in [0.2, 0.25) is 5.02 Å². The number of aromatic nitrogens is 1. The highest BCUT2D eigenvalue weighted by molar-refractivity contribution is 7.22. The van der Waals surface area contributed by atoms with Gasteiger partial charge >= 0.3 is 0 Å². The summed E-state index contributed by atoms with van der Waals surface area (Å²) in [7, 11) is 6.85. The second-order valence-electron chi connectivity index (χ2n) is 6.85. The van der Waals surface area contributed by atoms with Crippen molar-refractivity contribution in [1.82, 2.24) is 9.88 Å². The fourth-order valence-corrected chi connectivity index (χ4v) is 4.08. The lowest BCUT2D eigenvalue weighted by Crippen LogP contribution is -2.37. The Morgan fingerprint density at radius 3 is 2.45 bits per heavy atom. The minimum absolute atomic E-state index is 0.0454. The first-order chi connectivity index (χ1) is 14.7. The molecule has 0 aliphatic heterocycles. The molecule has 0 N–H and O–H groups in total. The average molecular weight is 465 g/mol. The smallest absolute Gasteiger partial charge is 0.270 e. The van der Waals surface area contributed by atoms with E-state index in [0.29, 0.717) is 35.2 Å². The van der Waals surface area contributed by atoms with Crippen LogP contribution >= 0.6 is 22.9 Å². The van der Waals surface area contributed by atoms with Gasteiger partial charge in [0.2, 0.25) is 0 Å². The Hall–Kier alpha value is -2.95. The van der Waals surface area contributed by atoms with E-state index in [4.69, 9.17) is 21.1 Å². The molecular weight excluding hydrogens is 444 g/mol. The van der Waals surface area contributed by atoms with Gasteiger partial charge in [-0.25, -0.2) is 4.98 Å². The number of nitro groups is 1. The van der Waals surface area contributed by atoms with Gasteiger partial charge < -0.3 is 14.4 Å². The zero-order chi connectivity index (χ0) is 22.7. The minimum atomic E-state index is -0.562. The lowest BCUT2D eigenvalue weighted by atomic mass is 10.1. The number of rotatable bonds is 8. The van der Waals surface area contributed by atoms with Crippen molar-refractivity contribution in [2.75, 3.05) is 46.3 Å². The first kappa shape index (κ1) is 22.7. The van der Waals surface area contributed by atoms with Crippen molar-refractivity contribution in [3.8, 4) is 11.5 Å². The maximum atomic E-state index is 13.4. The van der Waals surface area contributed by atoms with Crippen LogP contribution < -0.4 is 14.4 Å². The van der Waals surface area contributed by atoms with E-state index >= 15 is 0 Å². The minimum Gasteiger partial charge on any atom is -0.493 e. The molecule has 0 atom stereocenters. The number of carbonyl (C=O) groups is 1. The van der Waals surface area contributed by atoms with Gasteiger partial charge in [-0.15, -0.1) is 0 Å². The van der Waals surface area contributed by atoms with Crippen molar-refractivity contribution in [3.63, 3.8) is 0 Å². The molecule has 0 radical (unpaired) electrons. The normalized spacial score (nSPS) is 11.0. The largest absolute Gasteiger partial charge is 0.493 e. The van der Waals surface area contributed by atoms with Crippen LogP contribution in [0.25, 0.3) is 10.2 Å². The Kier molecular flexibility index (Phi) is 6.94. The molecule has 0 aliphatic carbocycles. The molecule has 31 heavy (non-hydrogen) atoms. The number of likely N-dealkylation sites (N-methyl/N-ethyl adjacent to an activating group) is 1. The van der Waals surface area contributed by atoms with E-state index < -0.39 is 10.8 Å². The fourth-order valence-electron chi connectivity index (χ4n) is 2.88. The Morgan fingerprint density at radius 2 is 1.84 bits per heavy atom. The summed E-state index contributed by atoms with van der Waals surface area (Å²) in [6, 6.07) is 7.34. The number of non-ortho nitro benzene ring substituents is 1. The van der Waals surface area contributed by atoms with E-state index in [1.807, 2.05) is 19.0 Å². The molecular formula is C20H21ClN4O5S. The van der Waals surface area contributed by atoms with Crippen molar-refractivity contribution in [2.45, 2.75) is 0 Å². The maximum Gasteiger partial charge on any atom is 0.270 e. The van der Waals surface area contributed by atoms with Crippen molar-refractivity contribution < 1.29 is 19.2 Å². The maximum absolute atomic E-state index is 13.4. The first-order valence-electron chi connectivity index (χ1n) is 9.18. The molecule has 0 spiro atoms. The second-order valence-corrected chi connectivity index (χ2v) is 8.27. The summed E-state index contributed by atoms with van der Waals surface area (Å²) in [5, 5.41) is 11.8. The quantitative estimate of drug-likeness (QED) is 0.366. The van der Waals surface area contributed by atoms with Crippen LogP contribution in [0.3, 0.4) is 0 Å². The lowest BCUT2D eigenvalue weighted by molar-refractivity contribution is -0.384. The highest BCUT2D eigenvalue weighted by Gasteiger charge is 2.25. The Labute approximate surface area is 187 Å². The van der Waals surface area contributed by atoms with Gasteiger partial charge in [0.25, 0.3) is 11.6 Å². The van der Waals surface area contributed by atoms with E-state index in [9.17, 15) is 14.9 Å². The van der Waals surface area contributed by atoms with Gasteiger partial charge in [0, 0.05) is 37.4 Å². The van der Waals surface area contributed by atoms with Crippen molar-refractivity contribution in [3.05, 3.63) is 51.0 Å². The molecule has 2 aromatic carbocycles. The van der Waals surface area contributed by atoms with Gasteiger partial charge in [0.15, 0.2) is 16.6 Å². The topological polar surface area (TPSA) is 98.0 Å². The van der Waals surface area contributed by atoms with Gasteiger partial charge in [-0.2, -0.15) is 0 Å². The zero-order valence-electron chi connectivity index (χ0n) is 17.4. The number of benzene rings is 2. The number of anilines is 1. The highest BCUT2D eigenvalue weighted by atomic mass is 35.5. The molecule has 9 nitrogen and oxygen atoms in total. The number of hydrogen-bond donors (Lipinski definition) is 0. The number of halogens is 1. The predicted octanol–water partition coefficient (Wildman–Crippen LogP) is 4.08.